The van der Waals surface area contributed by atoms with E-state index in [1.165, 1.54) is 11.8 Å². The van der Waals surface area contributed by atoms with Gasteiger partial charge in [0.25, 0.3) is 5.24 Å². The first-order valence-corrected chi connectivity index (χ1v) is 7.71. The zero-order valence-corrected chi connectivity index (χ0v) is 13.1. The molecule has 0 atom stereocenters. The second-order valence-corrected chi connectivity index (χ2v) is 6.00. The van der Waals surface area contributed by atoms with Gasteiger partial charge in [0.15, 0.2) is 0 Å². The summed E-state index contributed by atoms with van der Waals surface area (Å²) >= 11 is 1.18. The van der Waals surface area contributed by atoms with E-state index in [0.717, 1.165) is 16.2 Å². The van der Waals surface area contributed by atoms with Crippen molar-refractivity contribution in [2.75, 3.05) is 4.90 Å². The standard InChI is InChI=1S/C18H19NOS/c1-14(2)19(17-12-8-5-9-13-17)18(20)21-15(3)16-10-6-4-7-11-16/h4-14H,3H2,1-2H3. The van der Waals surface area contributed by atoms with Crippen LogP contribution in [-0.2, 0) is 0 Å². The van der Waals surface area contributed by atoms with Gasteiger partial charge in [-0.05, 0) is 43.3 Å². The summed E-state index contributed by atoms with van der Waals surface area (Å²) in [7, 11) is 0. The van der Waals surface area contributed by atoms with E-state index in [9.17, 15) is 4.79 Å². The smallest absolute Gasteiger partial charge is 0.291 e. The van der Waals surface area contributed by atoms with E-state index in [-0.39, 0.29) is 11.3 Å². The third kappa shape index (κ3) is 3.99. The summed E-state index contributed by atoms with van der Waals surface area (Å²) in [4.78, 5) is 15.2. The molecule has 108 valence electrons. The number of nitrogens with zero attached hydrogens (tertiary/aromatic N) is 1. The minimum Gasteiger partial charge on any atom is -0.301 e. The first-order chi connectivity index (χ1) is 10.1. The molecule has 3 heteroatoms. The van der Waals surface area contributed by atoms with E-state index in [4.69, 9.17) is 0 Å². The number of carbonyl (C=O) groups excluding carboxylic acids is 1. The van der Waals surface area contributed by atoms with Gasteiger partial charge in [-0.15, -0.1) is 0 Å². The van der Waals surface area contributed by atoms with Gasteiger partial charge in [-0.1, -0.05) is 55.1 Å². The molecule has 2 rings (SSSR count). The van der Waals surface area contributed by atoms with Crippen molar-refractivity contribution < 1.29 is 4.79 Å². The first kappa shape index (κ1) is 15.4. The fourth-order valence-corrected chi connectivity index (χ4v) is 2.92. The van der Waals surface area contributed by atoms with Gasteiger partial charge in [0.1, 0.15) is 0 Å². The molecule has 0 fully saturated rings. The molecule has 0 spiro atoms. The highest BCUT2D eigenvalue weighted by atomic mass is 32.2. The Hall–Kier alpha value is -2.00. The molecule has 0 aliphatic heterocycles. The molecule has 2 nitrogen and oxygen atoms in total. The van der Waals surface area contributed by atoms with E-state index in [1.54, 1.807) is 4.90 Å². The molecule has 2 aromatic carbocycles. The minimum absolute atomic E-state index is 0.00921. The molecule has 0 N–H and O–H groups in total. The zero-order valence-electron chi connectivity index (χ0n) is 12.3. The lowest BCUT2D eigenvalue weighted by molar-refractivity contribution is 0.264. The van der Waals surface area contributed by atoms with E-state index in [1.807, 2.05) is 74.5 Å². The summed E-state index contributed by atoms with van der Waals surface area (Å²) in [6, 6.07) is 19.6. The molecular formula is C18H19NOS. The highest BCUT2D eigenvalue weighted by molar-refractivity contribution is 8.21. The van der Waals surface area contributed by atoms with Gasteiger partial charge in [0.2, 0.25) is 0 Å². The topological polar surface area (TPSA) is 20.3 Å². The van der Waals surface area contributed by atoms with Crippen molar-refractivity contribution >= 4 is 27.6 Å². The van der Waals surface area contributed by atoms with Gasteiger partial charge in [0.05, 0.1) is 0 Å². The van der Waals surface area contributed by atoms with E-state index in [2.05, 4.69) is 6.58 Å². The monoisotopic (exact) mass is 297 g/mol. The van der Waals surface area contributed by atoms with Gasteiger partial charge in [-0.3, -0.25) is 4.79 Å². The number of hydrogen-bond acceptors (Lipinski definition) is 2. The highest BCUT2D eigenvalue weighted by Gasteiger charge is 2.20. The Bertz CT molecular complexity index is 608. The maximum atomic E-state index is 12.6. The summed E-state index contributed by atoms with van der Waals surface area (Å²) < 4.78 is 0. The fourth-order valence-electron chi connectivity index (χ4n) is 2.04. The van der Waals surface area contributed by atoms with Crippen LogP contribution in [0.1, 0.15) is 19.4 Å². The number of amides is 1. The number of hydrogen-bond donors (Lipinski definition) is 0. The van der Waals surface area contributed by atoms with Crippen LogP contribution >= 0.6 is 11.8 Å². The van der Waals surface area contributed by atoms with Crippen LogP contribution in [0.4, 0.5) is 10.5 Å². The number of anilines is 1. The predicted octanol–water partition coefficient (Wildman–Crippen LogP) is 5.43. The molecular weight excluding hydrogens is 278 g/mol. The number of para-hydroxylation sites is 1. The number of carbonyl (C=O) groups is 1. The summed E-state index contributed by atoms with van der Waals surface area (Å²) in [5, 5.41) is -0.00921. The Morgan fingerprint density at radius 3 is 2.05 bits per heavy atom. The molecule has 0 aromatic heterocycles. The van der Waals surface area contributed by atoms with Crippen molar-refractivity contribution in [1.82, 2.24) is 0 Å². The van der Waals surface area contributed by atoms with Crippen LogP contribution < -0.4 is 4.90 Å². The first-order valence-electron chi connectivity index (χ1n) is 6.90. The Kier molecular flexibility index (Phi) is 5.23. The van der Waals surface area contributed by atoms with Gasteiger partial charge in [0, 0.05) is 16.6 Å². The molecule has 0 saturated heterocycles. The van der Waals surface area contributed by atoms with Gasteiger partial charge in [-0.25, -0.2) is 0 Å². The lowest BCUT2D eigenvalue weighted by atomic mass is 10.2. The normalized spacial score (nSPS) is 10.4. The van der Waals surface area contributed by atoms with Gasteiger partial charge >= 0.3 is 0 Å². The second kappa shape index (κ2) is 7.14. The third-order valence-corrected chi connectivity index (χ3v) is 3.91. The molecule has 1 amide bonds. The summed E-state index contributed by atoms with van der Waals surface area (Å²) in [6.07, 6.45) is 0. The van der Waals surface area contributed by atoms with Crippen LogP contribution in [0, 0.1) is 0 Å². The third-order valence-electron chi connectivity index (χ3n) is 3.05. The van der Waals surface area contributed by atoms with Crippen LogP contribution in [0.15, 0.2) is 67.2 Å². The quantitative estimate of drug-likeness (QED) is 0.750. The Morgan fingerprint density at radius 1 is 1.00 bits per heavy atom. The average Bonchev–Trinajstić information content (AvgIpc) is 2.49. The van der Waals surface area contributed by atoms with Crippen molar-refractivity contribution in [1.29, 1.82) is 0 Å². The molecule has 0 bridgehead atoms. The van der Waals surface area contributed by atoms with E-state index in [0.29, 0.717) is 0 Å². The van der Waals surface area contributed by atoms with E-state index >= 15 is 0 Å². The Balaban J connectivity index is 2.15. The second-order valence-electron chi connectivity index (χ2n) is 4.96. The molecule has 0 radical (unpaired) electrons. The molecule has 2 aromatic rings. The lowest BCUT2D eigenvalue weighted by Gasteiger charge is -2.26. The maximum absolute atomic E-state index is 12.6. The minimum atomic E-state index is -0.00921. The van der Waals surface area contributed by atoms with Crippen LogP contribution in [0.5, 0.6) is 0 Å². The summed E-state index contributed by atoms with van der Waals surface area (Å²) in [5.41, 5.74) is 1.89. The molecule has 0 aliphatic carbocycles. The van der Waals surface area contributed by atoms with Crippen LogP contribution in [0.25, 0.3) is 4.91 Å². The largest absolute Gasteiger partial charge is 0.301 e. The van der Waals surface area contributed by atoms with Crippen molar-refractivity contribution in [3.8, 4) is 0 Å². The molecule has 0 saturated carbocycles. The zero-order chi connectivity index (χ0) is 15.2. The SMILES string of the molecule is C=C(SC(=O)N(c1ccccc1)C(C)C)c1ccccc1. The molecule has 0 unspecified atom stereocenters. The van der Waals surface area contributed by atoms with Crippen molar-refractivity contribution in [2.24, 2.45) is 0 Å². The van der Waals surface area contributed by atoms with Crippen LogP contribution in [0.2, 0.25) is 0 Å². The molecule has 0 heterocycles. The highest BCUT2D eigenvalue weighted by Crippen LogP contribution is 2.30. The van der Waals surface area contributed by atoms with Crippen molar-refractivity contribution in [2.45, 2.75) is 19.9 Å². The van der Waals surface area contributed by atoms with Crippen LogP contribution in [-0.4, -0.2) is 11.3 Å². The number of thioether (sulfide) groups is 1. The van der Waals surface area contributed by atoms with E-state index < -0.39 is 0 Å². The molecule has 0 aliphatic rings. The van der Waals surface area contributed by atoms with Crippen molar-refractivity contribution in [3.63, 3.8) is 0 Å². The fraction of sp³-hybridized carbons (Fsp3) is 0.167. The lowest BCUT2D eigenvalue weighted by Crippen LogP contribution is -2.34. The number of benzene rings is 2. The number of rotatable bonds is 4. The van der Waals surface area contributed by atoms with Crippen LogP contribution in [0.3, 0.4) is 0 Å². The van der Waals surface area contributed by atoms with Gasteiger partial charge < -0.3 is 4.90 Å². The summed E-state index contributed by atoms with van der Waals surface area (Å²) in [5.74, 6) is 0. The Morgan fingerprint density at radius 2 is 1.52 bits per heavy atom. The van der Waals surface area contributed by atoms with Crippen molar-refractivity contribution in [3.05, 3.63) is 72.8 Å². The Labute approximate surface area is 130 Å². The maximum Gasteiger partial charge on any atom is 0.291 e. The molecule has 21 heavy (non-hydrogen) atoms. The average molecular weight is 297 g/mol. The van der Waals surface area contributed by atoms with Gasteiger partial charge in [-0.2, -0.15) is 0 Å². The summed E-state index contributed by atoms with van der Waals surface area (Å²) in [6.45, 7) is 8.04. The predicted molar refractivity (Wildman–Crippen MR) is 92.5 cm³/mol.